The highest BCUT2D eigenvalue weighted by molar-refractivity contribution is 6.06. The SMILES string of the molecule is CNc1cc(C(=O)N(C)CCC#N)c2ccccc2n1. The number of hydrogen-bond donors (Lipinski definition) is 1. The van der Waals surface area contributed by atoms with Gasteiger partial charge in [0.2, 0.25) is 0 Å². The van der Waals surface area contributed by atoms with Crippen LogP contribution < -0.4 is 5.32 Å². The Morgan fingerprint density at radius 3 is 2.90 bits per heavy atom. The van der Waals surface area contributed by atoms with E-state index in [9.17, 15) is 4.79 Å². The van der Waals surface area contributed by atoms with Crippen molar-refractivity contribution in [1.82, 2.24) is 9.88 Å². The third-order valence-electron chi connectivity index (χ3n) is 3.11. The highest BCUT2D eigenvalue weighted by Gasteiger charge is 2.16. The molecule has 1 N–H and O–H groups in total. The van der Waals surface area contributed by atoms with E-state index in [1.165, 1.54) is 0 Å². The van der Waals surface area contributed by atoms with Gasteiger partial charge in [-0.05, 0) is 12.1 Å². The van der Waals surface area contributed by atoms with Gasteiger partial charge in [-0.25, -0.2) is 4.98 Å². The number of benzene rings is 1. The smallest absolute Gasteiger partial charge is 0.254 e. The fraction of sp³-hybridized carbons (Fsp3) is 0.267. The number of anilines is 1. The topological polar surface area (TPSA) is 69.0 Å². The third kappa shape index (κ3) is 2.69. The first-order chi connectivity index (χ1) is 9.67. The lowest BCUT2D eigenvalue weighted by atomic mass is 10.1. The van der Waals surface area contributed by atoms with E-state index in [0.29, 0.717) is 24.3 Å². The molecule has 2 aromatic rings. The van der Waals surface area contributed by atoms with Gasteiger partial charge >= 0.3 is 0 Å². The maximum atomic E-state index is 12.5. The Labute approximate surface area is 117 Å². The molecule has 0 aliphatic rings. The maximum Gasteiger partial charge on any atom is 0.254 e. The summed E-state index contributed by atoms with van der Waals surface area (Å²) in [5, 5.41) is 12.4. The van der Waals surface area contributed by atoms with Crippen LogP contribution in [0.25, 0.3) is 10.9 Å². The molecule has 5 heteroatoms. The van der Waals surface area contributed by atoms with E-state index in [0.717, 1.165) is 10.9 Å². The molecule has 0 saturated heterocycles. The molecule has 0 spiro atoms. The van der Waals surface area contributed by atoms with Crippen molar-refractivity contribution in [3.8, 4) is 6.07 Å². The number of hydrogen-bond acceptors (Lipinski definition) is 4. The van der Waals surface area contributed by atoms with E-state index < -0.39 is 0 Å². The number of para-hydroxylation sites is 1. The van der Waals surface area contributed by atoms with Gasteiger partial charge in [0, 0.05) is 26.0 Å². The first-order valence-corrected chi connectivity index (χ1v) is 6.37. The van der Waals surface area contributed by atoms with Crippen LogP contribution in [0.2, 0.25) is 0 Å². The van der Waals surface area contributed by atoms with Gasteiger partial charge in [0.05, 0.1) is 23.6 Å². The van der Waals surface area contributed by atoms with E-state index in [1.807, 2.05) is 30.3 Å². The van der Waals surface area contributed by atoms with Gasteiger partial charge in [-0.1, -0.05) is 18.2 Å². The number of carbonyl (C=O) groups excluding carboxylic acids is 1. The van der Waals surface area contributed by atoms with E-state index in [-0.39, 0.29) is 5.91 Å². The zero-order valence-electron chi connectivity index (χ0n) is 11.6. The van der Waals surface area contributed by atoms with Crippen LogP contribution in [-0.2, 0) is 0 Å². The standard InChI is InChI=1S/C15H16N4O/c1-17-14-10-12(15(20)19(2)9-5-8-16)11-6-3-4-7-13(11)18-14/h3-4,6-7,10H,5,9H2,1-2H3,(H,17,18). The Morgan fingerprint density at radius 1 is 1.45 bits per heavy atom. The number of amides is 1. The fourth-order valence-corrected chi connectivity index (χ4v) is 2.01. The Hall–Kier alpha value is -2.61. The number of rotatable bonds is 4. The quantitative estimate of drug-likeness (QED) is 0.923. The van der Waals surface area contributed by atoms with Crippen molar-refractivity contribution in [1.29, 1.82) is 5.26 Å². The third-order valence-corrected chi connectivity index (χ3v) is 3.11. The number of pyridine rings is 1. The maximum absolute atomic E-state index is 12.5. The van der Waals surface area contributed by atoms with Crippen LogP contribution in [0.4, 0.5) is 5.82 Å². The normalized spacial score (nSPS) is 10.1. The molecule has 5 nitrogen and oxygen atoms in total. The zero-order chi connectivity index (χ0) is 14.5. The summed E-state index contributed by atoms with van der Waals surface area (Å²) in [5.41, 5.74) is 1.37. The van der Waals surface area contributed by atoms with Gasteiger partial charge in [0.1, 0.15) is 5.82 Å². The number of nitrogens with one attached hydrogen (secondary N) is 1. The van der Waals surface area contributed by atoms with E-state index in [2.05, 4.69) is 10.3 Å². The van der Waals surface area contributed by atoms with Crippen molar-refractivity contribution in [3.05, 3.63) is 35.9 Å². The predicted octanol–water partition coefficient (Wildman–Crippen LogP) is 2.26. The lowest BCUT2D eigenvalue weighted by Crippen LogP contribution is -2.27. The molecule has 0 fully saturated rings. The molecular formula is C15H16N4O. The van der Waals surface area contributed by atoms with E-state index in [1.54, 1.807) is 25.1 Å². The van der Waals surface area contributed by atoms with Gasteiger partial charge in [0.25, 0.3) is 5.91 Å². The van der Waals surface area contributed by atoms with Crippen LogP contribution in [0.1, 0.15) is 16.8 Å². The van der Waals surface area contributed by atoms with Gasteiger partial charge in [0.15, 0.2) is 0 Å². The van der Waals surface area contributed by atoms with Crippen LogP contribution in [-0.4, -0.2) is 36.4 Å². The minimum atomic E-state index is -0.102. The molecule has 102 valence electrons. The van der Waals surface area contributed by atoms with Crippen LogP contribution in [0, 0.1) is 11.3 Å². The highest BCUT2D eigenvalue weighted by Crippen LogP contribution is 2.21. The summed E-state index contributed by atoms with van der Waals surface area (Å²) in [4.78, 5) is 18.5. The molecule has 2 rings (SSSR count). The van der Waals surface area contributed by atoms with Crippen LogP contribution >= 0.6 is 0 Å². The summed E-state index contributed by atoms with van der Waals surface area (Å²) in [6.07, 6.45) is 0.324. The molecular weight excluding hydrogens is 252 g/mol. The second-order valence-electron chi connectivity index (χ2n) is 4.46. The molecule has 1 aromatic carbocycles. The first-order valence-electron chi connectivity index (χ1n) is 6.37. The van der Waals surface area contributed by atoms with Crippen LogP contribution in [0.15, 0.2) is 30.3 Å². The zero-order valence-corrected chi connectivity index (χ0v) is 11.6. The minimum Gasteiger partial charge on any atom is -0.373 e. The first kappa shape index (κ1) is 13.8. The fourth-order valence-electron chi connectivity index (χ4n) is 2.01. The van der Waals surface area contributed by atoms with Gasteiger partial charge in [-0.3, -0.25) is 4.79 Å². The second-order valence-corrected chi connectivity index (χ2v) is 4.46. The molecule has 1 aromatic heterocycles. The van der Waals surface area contributed by atoms with Gasteiger partial charge in [-0.2, -0.15) is 5.26 Å². The van der Waals surface area contributed by atoms with E-state index in [4.69, 9.17) is 5.26 Å². The molecule has 1 heterocycles. The molecule has 0 aliphatic carbocycles. The summed E-state index contributed by atoms with van der Waals surface area (Å²) in [7, 11) is 3.47. The average molecular weight is 268 g/mol. The number of carbonyl (C=O) groups is 1. The minimum absolute atomic E-state index is 0.102. The molecule has 0 saturated carbocycles. The lowest BCUT2D eigenvalue weighted by molar-refractivity contribution is 0.0800. The molecule has 1 amide bonds. The number of nitrogens with zero attached hydrogens (tertiary/aromatic N) is 3. The summed E-state index contributed by atoms with van der Waals surface area (Å²) in [6, 6.07) is 11.3. The Bertz CT molecular complexity index is 675. The van der Waals surface area contributed by atoms with Crippen molar-refractivity contribution >= 4 is 22.6 Å². The molecule has 0 atom stereocenters. The molecule has 20 heavy (non-hydrogen) atoms. The number of fused-ring (bicyclic) bond motifs is 1. The monoisotopic (exact) mass is 268 g/mol. The van der Waals surface area contributed by atoms with Crippen molar-refractivity contribution in [2.24, 2.45) is 0 Å². The van der Waals surface area contributed by atoms with Crippen LogP contribution in [0.5, 0.6) is 0 Å². The Morgan fingerprint density at radius 2 is 2.20 bits per heavy atom. The Kier molecular flexibility index (Phi) is 4.16. The highest BCUT2D eigenvalue weighted by atomic mass is 16.2. The van der Waals surface area contributed by atoms with Gasteiger partial charge < -0.3 is 10.2 Å². The second kappa shape index (κ2) is 6.02. The number of nitriles is 1. The Balaban J connectivity index is 2.47. The van der Waals surface area contributed by atoms with Crippen molar-refractivity contribution in [2.45, 2.75) is 6.42 Å². The van der Waals surface area contributed by atoms with Crippen molar-refractivity contribution < 1.29 is 4.79 Å². The van der Waals surface area contributed by atoms with Gasteiger partial charge in [-0.15, -0.1) is 0 Å². The lowest BCUT2D eigenvalue weighted by Gasteiger charge is -2.17. The van der Waals surface area contributed by atoms with E-state index >= 15 is 0 Å². The van der Waals surface area contributed by atoms with Crippen LogP contribution in [0.3, 0.4) is 0 Å². The summed E-state index contributed by atoms with van der Waals surface area (Å²) in [5.74, 6) is 0.552. The average Bonchev–Trinajstić information content (AvgIpc) is 2.50. The molecule has 0 unspecified atom stereocenters. The van der Waals surface area contributed by atoms with Crippen molar-refractivity contribution in [3.63, 3.8) is 0 Å². The summed E-state index contributed by atoms with van der Waals surface area (Å²) < 4.78 is 0. The van der Waals surface area contributed by atoms with Crippen molar-refractivity contribution in [2.75, 3.05) is 26.0 Å². The number of aromatic nitrogens is 1. The largest absolute Gasteiger partial charge is 0.373 e. The summed E-state index contributed by atoms with van der Waals surface area (Å²) >= 11 is 0. The molecule has 0 bridgehead atoms. The summed E-state index contributed by atoms with van der Waals surface area (Å²) in [6.45, 7) is 0.418. The predicted molar refractivity (Wildman–Crippen MR) is 78.5 cm³/mol. The molecule has 0 aliphatic heterocycles. The molecule has 0 radical (unpaired) electrons.